The molecule has 1 unspecified atom stereocenters. The van der Waals surface area contributed by atoms with Crippen LogP contribution in [0.2, 0.25) is 0 Å². The van der Waals surface area contributed by atoms with Crippen molar-refractivity contribution in [2.45, 2.75) is 43.5 Å². The van der Waals surface area contributed by atoms with Crippen molar-refractivity contribution in [3.63, 3.8) is 0 Å². The van der Waals surface area contributed by atoms with E-state index in [0.717, 1.165) is 40.6 Å². The molecule has 9 heteroatoms. The van der Waals surface area contributed by atoms with Crippen molar-refractivity contribution < 1.29 is 26.7 Å². The van der Waals surface area contributed by atoms with Gasteiger partial charge in [0.05, 0.1) is 12.6 Å². The van der Waals surface area contributed by atoms with E-state index in [-0.39, 0.29) is 31.0 Å². The number of halogens is 2. The average molecular weight is 479 g/mol. The summed E-state index contributed by atoms with van der Waals surface area (Å²) in [6.45, 7) is 3.38. The molecular weight excluding hydrogens is 450 g/mol. The molecule has 0 aromatic heterocycles. The highest BCUT2D eigenvalue weighted by Gasteiger charge is 2.38. The first-order chi connectivity index (χ1) is 15.8. The second-order valence-corrected chi connectivity index (χ2v) is 10.4. The van der Waals surface area contributed by atoms with Crippen LogP contribution in [-0.2, 0) is 14.8 Å². The second kappa shape index (κ2) is 9.77. The topological polar surface area (TPSA) is 66.9 Å². The van der Waals surface area contributed by atoms with Crippen LogP contribution >= 0.6 is 0 Å². The Kier molecular flexibility index (Phi) is 6.99. The van der Waals surface area contributed by atoms with Crippen molar-refractivity contribution in [2.24, 2.45) is 5.92 Å². The third-order valence-electron chi connectivity index (χ3n) is 6.43. The smallest absolute Gasteiger partial charge is 0.246 e. The molecule has 2 fully saturated rings. The molecule has 2 aromatic rings. The zero-order valence-electron chi connectivity index (χ0n) is 18.5. The van der Waals surface area contributed by atoms with Crippen molar-refractivity contribution in [2.75, 3.05) is 26.2 Å². The van der Waals surface area contributed by atoms with Crippen molar-refractivity contribution in [3.8, 4) is 5.75 Å². The first kappa shape index (κ1) is 23.6. The highest BCUT2D eigenvalue weighted by atomic mass is 32.2. The highest BCUT2D eigenvalue weighted by molar-refractivity contribution is 7.89. The van der Waals surface area contributed by atoms with Crippen LogP contribution in [0.3, 0.4) is 0 Å². The molecule has 0 radical (unpaired) electrons. The zero-order chi connectivity index (χ0) is 23.6. The molecule has 6 nitrogen and oxygen atoms in total. The fraction of sp³-hybridized carbons (Fsp3) is 0.458. The van der Waals surface area contributed by atoms with Crippen LogP contribution in [-0.4, -0.2) is 49.8 Å². The van der Waals surface area contributed by atoms with Crippen molar-refractivity contribution >= 4 is 15.9 Å². The van der Waals surface area contributed by atoms with E-state index in [9.17, 15) is 22.0 Å². The Hall–Kier alpha value is -2.52. The molecule has 1 amide bonds. The minimum atomic E-state index is -4.16. The lowest BCUT2D eigenvalue weighted by Crippen LogP contribution is -2.44. The Morgan fingerprint density at radius 1 is 1.03 bits per heavy atom. The number of nitrogens with zero attached hydrogens (tertiary/aromatic N) is 2. The molecule has 4 rings (SSSR count). The van der Waals surface area contributed by atoms with Crippen LogP contribution in [0.25, 0.3) is 0 Å². The molecule has 0 spiro atoms. The van der Waals surface area contributed by atoms with Gasteiger partial charge in [0.15, 0.2) is 0 Å². The lowest BCUT2D eigenvalue weighted by molar-refractivity contribution is -0.137. The number of carbonyl (C=O) groups excluding carboxylic acids is 1. The first-order valence-corrected chi connectivity index (χ1v) is 12.7. The number of hydrogen-bond acceptors (Lipinski definition) is 4. The molecular formula is C24H28F2N2O4S. The Bertz CT molecular complexity index is 1100. The minimum absolute atomic E-state index is 0.00340. The van der Waals surface area contributed by atoms with Gasteiger partial charge in [-0.05, 0) is 68.5 Å². The Balaban J connectivity index is 1.42. The number of amides is 1. The van der Waals surface area contributed by atoms with Gasteiger partial charge in [-0.15, -0.1) is 0 Å². The monoisotopic (exact) mass is 478 g/mol. The van der Waals surface area contributed by atoms with Gasteiger partial charge in [0, 0.05) is 25.6 Å². The number of rotatable bonds is 6. The zero-order valence-corrected chi connectivity index (χ0v) is 19.4. The van der Waals surface area contributed by atoms with Gasteiger partial charge < -0.3 is 9.64 Å². The van der Waals surface area contributed by atoms with Gasteiger partial charge >= 0.3 is 0 Å². The Labute approximate surface area is 193 Å². The normalized spacial score (nSPS) is 20.2. The maximum Gasteiger partial charge on any atom is 0.246 e. The molecule has 0 bridgehead atoms. The number of benzene rings is 2. The summed E-state index contributed by atoms with van der Waals surface area (Å²) in [5, 5.41) is 0. The fourth-order valence-corrected chi connectivity index (χ4v) is 6.27. The number of hydrogen-bond donors (Lipinski definition) is 0. The minimum Gasteiger partial charge on any atom is -0.494 e. The van der Waals surface area contributed by atoms with E-state index in [2.05, 4.69) is 0 Å². The van der Waals surface area contributed by atoms with Crippen LogP contribution < -0.4 is 4.74 Å². The van der Waals surface area contributed by atoms with Crippen LogP contribution in [0.4, 0.5) is 8.78 Å². The average Bonchev–Trinajstić information content (AvgIpc) is 3.31. The molecule has 178 valence electrons. The first-order valence-electron chi connectivity index (χ1n) is 11.3. The number of sulfonamides is 1. The van der Waals surface area contributed by atoms with Gasteiger partial charge in [0.2, 0.25) is 15.9 Å². The SMILES string of the molecule is CCOc1ccc(C2CCCN2C(=O)C2CCN(S(=O)(=O)c3cc(F)ccc3F)CC2)cc1. The maximum atomic E-state index is 14.1. The van der Waals surface area contributed by atoms with E-state index in [1.54, 1.807) is 0 Å². The molecule has 1 atom stereocenters. The van der Waals surface area contributed by atoms with E-state index in [0.29, 0.717) is 32.1 Å². The lowest BCUT2D eigenvalue weighted by atomic mass is 9.95. The summed E-state index contributed by atoms with van der Waals surface area (Å²) in [6, 6.07) is 10.2. The molecule has 2 aromatic carbocycles. The third kappa shape index (κ3) is 4.89. The molecule has 0 saturated carbocycles. The summed E-state index contributed by atoms with van der Waals surface area (Å²) < 4.78 is 59.9. The molecule has 2 aliphatic heterocycles. The summed E-state index contributed by atoms with van der Waals surface area (Å²) in [6.07, 6.45) is 2.49. The van der Waals surface area contributed by atoms with Gasteiger partial charge in [-0.1, -0.05) is 12.1 Å². The molecule has 2 heterocycles. The largest absolute Gasteiger partial charge is 0.494 e. The van der Waals surface area contributed by atoms with Crippen LogP contribution in [0.5, 0.6) is 5.75 Å². The summed E-state index contributed by atoms with van der Waals surface area (Å²) >= 11 is 0. The molecule has 2 saturated heterocycles. The predicted molar refractivity (Wildman–Crippen MR) is 119 cm³/mol. The Morgan fingerprint density at radius 2 is 1.73 bits per heavy atom. The van der Waals surface area contributed by atoms with E-state index in [4.69, 9.17) is 4.74 Å². The van der Waals surface area contributed by atoms with Crippen LogP contribution in [0.15, 0.2) is 47.4 Å². The van der Waals surface area contributed by atoms with Crippen molar-refractivity contribution in [3.05, 3.63) is 59.7 Å². The molecule has 2 aliphatic rings. The van der Waals surface area contributed by atoms with Gasteiger partial charge in [-0.25, -0.2) is 17.2 Å². The molecule has 33 heavy (non-hydrogen) atoms. The lowest BCUT2D eigenvalue weighted by Gasteiger charge is -2.34. The van der Waals surface area contributed by atoms with Crippen LogP contribution in [0, 0.1) is 17.6 Å². The van der Waals surface area contributed by atoms with Crippen molar-refractivity contribution in [1.82, 2.24) is 9.21 Å². The van der Waals surface area contributed by atoms with E-state index in [1.165, 1.54) is 0 Å². The van der Waals surface area contributed by atoms with Crippen molar-refractivity contribution in [1.29, 1.82) is 0 Å². The third-order valence-corrected chi connectivity index (χ3v) is 8.34. The number of ether oxygens (including phenoxy) is 1. The second-order valence-electron chi connectivity index (χ2n) is 8.44. The summed E-state index contributed by atoms with van der Waals surface area (Å²) in [7, 11) is -4.16. The fourth-order valence-electron chi connectivity index (χ4n) is 4.72. The summed E-state index contributed by atoms with van der Waals surface area (Å²) in [5.74, 6) is -1.27. The van der Waals surface area contributed by atoms with Gasteiger partial charge in [-0.2, -0.15) is 4.31 Å². The van der Waals surface area contributed by atoms with Gasteiger partial charge in [0.1, 0.15) is 22.3 Å². The van der Waals surface area contributed by atoms with E-state index in [1.807, 2.05) is 36.1 Å². The Morgan fingerprint density at radius 3 is 2.39 bits per heavy atom. The van der Waals surface area contributed by atoms with Crippen LogP contribution in [0.1, 0.15) is 44.2 Å². The molecule has 0 N–H and O–H groups in total. The summed E-state index contributed by atoms with van der Waals surface area (Å²) in [5.41, 5.74) is 1.06. The number of likely N-dealkylation sites (tertiary alicyclic amines) is 1. The predicted octanol–water partition coefficient (Wildman–Crippen LogP) is 4.13. The number of piperidine rings is 1. The highest BCUT2D eigenvalue weighted by Crippen LogP contribution is 2.36. The quantitative estimate of drug-likeness (QED) is 0.626. The van der Waals surface area contributed by atoms with E-state index < -0.39 is 26.6 Å². The summed E-state index contributed by atoms with van der Waals surface area (Å²) in [4.78, 5) is 14.5. The van der Waals surface area contributed by atoms with Gasteiger partial charge in [-0.3, -0.25) is 4.79 Å². The van der Waals surface area contributed by atoms with E-state index >= 15 is 0 Å². The standard InChI is InChI=1S/C24H28F2N2O4S/c1-2-32-20-8-5-17(6-9-20)22-4-3-13-28(22)24(29)18-11-14-27(15-12-18)33(30,31)23-16-19(25)7-10-21(23)26/h5-10,16,18,22H,2-4,11-15H2,1H3. The van der Waals surface area contributed by atoms with Gasteiger partial charge in [0.25, 0.3) is 0 Å². The maximum absolute atomic E-state index is 14.1. The molecule has 0 aliphatic carbocycles. The number of carbonyl (C=O) groups is 1.